The smallest absolute Gasteiger partial charge is 0.307 e. The molecule has 1 heterocycles. The molecule has 126 valence electrons. The fourth-order valence-corrected chi connectivity index (χ4v) is 3.39. The Morgan fingerprint density at radius 3 is 2.32 bits per heavy atom. The zero-order valence-corrected chi connectivity index (χ0v) is 14.6. The van der Waals surface area contributed by atoms with Crippen LogP contribution in [-0.4, -0.2) is 10.1 Å². The Morgan fingerprint density at radius 2 is 1.80 bits per heavy atom. The third-order valence-electron chi connectivity index (χ3n) is 3.84. The molecule has 2 N–H and O–H groups in total. The van der Waals surface area contributed by atoms with Crippen molar-refractivity contribution in [1.29, 1.82) is 5.26 Å². The third kappa shape index (κ3) is 3.73. The van der Waals surface area contributed by atoms with Crippen LogP contribution in [0.25, 0.3) is 0 Å². The molecular formula is C19H16N2O3S. The number of nitrogens with one attached hydrogen (secondary N) is 1. The summed E-state index contributed by atoms with van der Waals surface area (Å²) >= 11 is 1.00. The van der Waals surface area contributed by atoms with Gasteiger partial charge in [-0.15, -0.1) is 0 Å². The minimum atomic E-state index is -0.265. The molecule has 0 spiro atoms. The number of nitriles is 1. The van der Waals surface area contributed by atoms with Gasteiger partial charge in [0.25, 0.3) is 0 Å². The predicted octanol–water partition coefficient (Wildman–Crippen LogP) is 4.01. The van der Waals surface area contributed by atoms with Crippen molar-refractivity contribution < 1.29 is 9.84 Å². The molecular weight excluding hydrogens is 336 g/mol. The monoisotopic (exact) mass is 352 g/mol. The maximum absolute atomic E-state index is 11.2. The van der Waals surface area contributed by atoms with Gasteiger partial charge in [-0.25, -0.2) is 0 Å². The van der Waals surface area contributed by atoms with Crippen LogP contribution in [0.5, 0.6) is 17.4 Å². The summed E-state index contributed by atoms with van der Waals surface area (Å²) in [6.07, 6.45) is 0.477. The number of rotatable bonds is 4. The fraction of sp³-hybridized carbons (Fsp3) is 0.158. The van der Waals surface area contributed by atoms with Crippen LogP contribution in [0.2, 0.25) is 0 Å². The van der Waals surface area contributed by atoms with Crippen LogP contribution < -0.4 is 9.61 Å². The summed E-state index contributed by atoms with van der Waals surface area (Å²) in [4.78, 5) is 13.9. The second kappa shape index (κ2) is 6.83. The highest BCUT2D eigenvalue weighted by molar-refractivity contribution is 7.09. The summed E-state index contributed by atoms with van der Waals surface area (Å²) in [5, 5.41) is 18.8. The van der Waals surface area contributed by atoms with Gasteiger partial charge in [-0.1, -0.05) is 23.5 Å². The SMILES string of the molecule is Cc1cc(Oc2ccc(Cc3sc(=O)[nH]c3O)cc2)cc(C)c1C#N. The normalized spacial score (nSPS) is 10.4. The molecule has 0 saturated heterocycles. The molecule has 3 rings (SSSR count). The topological polar surface area (TPSA) is 86.1 Å². The van der Waals surface area contributed by atoms with Gasteiger partial charge in [0.05, 0.1) is 16.5 Å². The first kappa shape index (κ1) is 16.8. The Hall–Kier alpha value is -3.04. The number of ether oxygens (including phenoxy) is 1. The van der Waals surface area contributed by atoms with Crippen LogP contribution in [0.4, 0.5) is 0 Å². The van der Waals surface area contributed by atoms with Crippen molar-refractivity contribution in [2.45, 2.75) is 20.3 Å². The van der Waals surface area contributed by atoms with Gasteiger partial charge in [0.1, 0.15) is 11.5 Å². The van der Waals surface area contributed by atoms with E-state index in [-0.39, 0.29) is 10.8 Å². The van der Waals surface area contributed by atoms with Crippen molar-refractivity contribution in [1.82, 2.24) is 4.98 Å². The highest BCUT2D eigenvalue weighted by atomic mass is 32.1. The lowest BCUT2D eigenvalue weighted by atomic mass is 10.0. The predicted molar refractivity (Wildman–Crippen MR) is 96.6 cm³/mol. The van der Waals surface area contributed by atoms with Crippen molar-refractivity contribution in [2.24, 2.45) is 0 Å². The highest BCUT2D eigenvalue weighted by Gasteiger charge is 2.09. The van der Waals surface area contributed by atoms with Gasteiger partial charge in [0.2, 0.25) is 5.88 Å². The number of aromatic nitrogens is 1. The number of hydrogen-bond acceptors (Lipinski definition) is 5. The van der Waals surface area contributed by atoms with Crippen LogP contribution in [0, 0.1) is 25.2 Å². The van der Waals surface area contributed by atoms with Gasteiger partial charge in [-0.3, -0.25) is 9.78 Å². The molecule has 0 amide bonds. The highest BCUT2D eigenvalue weighted by Crippen LogP contribution is 2.27. The number of aromatic hydroxyl groups is 1. The summed E-state index contributed by atoms with van der Waals surface area (Å²) in [5.41, 5.74) is 3.40. The van der Waals surface area contributed by atoms with Gasteiger partial charge >= 0.3 is 4.87 Å². The van der Waals surface area contributed by atoms with Gasteiger partial charge in [-0.2, -0.15) is 5.26 Å². The molecule has 0 bridgehead atoms. The van der Waals surface area contributed by atoms with E-state index in [4.69, 9.17) is 10.00 Å². The zero-order chi connectivity index (χ0) is 18.0. The average Bonchev–Trinajstić information content (AvgIpc) is 2.86. The molecule has 0 unspecified atom stereocenters. The molecule has 3 aromatic rings. The average molecular weight is 352 g/mol. The first-order valence-electron chi connectivity index (χ1n) is 7.65. The van der Waals surface area contributed by atoms with E-state index in [0.29, 0.717) is 28.4 Å². The minimum absolute atomic E-state index is 0.0705. The maximum Gasteiger partial charge on any atom is 0.307 e. The van der Waals surface area contributed by atoms with E-state index in [1.807, 2.05) is 50.2 Å². The summed E-state index contributed by atoms with van der Waals surface area (Å²) in [6.45, 7) is 3.77. The lowest BCUT2D eigenvalue weighted by molar-refractivity contribution is 0.451. The van der Waals surface area contributed by atoms with Crippen LogP contribution in [0.1, 0.15) is 27.1 Å². The Balaban J connectivity index is 1.76. The lowest BCUT2D eigenvalue weighted by Crippen LogP contribution is -1.92. The van der Waals surface area contributed by atoms with E-state index >= 15 is 0 Å². The second-order valence-electron chi connectivity index (χ2n) is 5.75. The quantitative estimate of drug-likeness (QED) is 0.743. The number of H-pyrrole nitrogens is 1. The standard InChI is InChI=1S/C19H16N2O3S/c1-11-7-15(8-12(2)16(11)10-20)24-14-5-3-13(4-6-14)9-17-18(22)21-19(23)25-17/h3-8,22H,9H2,1-2H3,(H,21,23). The first-order chi connectivity index (χ1) is 12.0. The van der Waals surface area contributed by atoms with Crippen molar-refractivity contribution in [2.75, 3.05) is 0 Å². The molecule has 6 heteroatoms. The first-order valence-corrected chi connectivity index (χ1v) is 8.47. The van der Waals surface area contributed by atoms with Crippen molar-refractivity contribution in [3.05, 3.63) is 73.2 Å². The molecule has 0 aliphatic rings. The van der Waals surface area contributed by atoms with Crippen LogP contribution in [-0.2, 0) is 6.42 Å². The molecule has 5 nitrogen and oxygen atoms in total. The molecule has 0 fully saturated rings. The zero-order valence-electron chi connectivity index (χ0n) is 13.8. The van der Waals surface area contributed by atoms with Gasteiger partial charge < -0.3 is 9.84 Å². The molecule has 0 atom stereocenters. The van der Waals surface area contributed by atoms with E-state index in [1.165, 1.54) is 0 Å². The number of aromatic amines is 1. The fourth-order valence-electron chi connectivity index (χ4n) is 2.63. The summed E-state index contributed by atoms with van der Waals surface area (Å²) in [5.74, 6) is 1.29. The van der Waals surface area contributed by atoms with E-state index < -0.39 is 0 Å². The van der Waals surface area contributed by atoms with E-state index in [1.54, 1.807) is 0 Å². The van der Waals surface area contributed by atoms with E-state index in [9.17, 15) is 9.90 Å². The minimum Gasteiger partial charge on any atom is -0.494 e. The molecule has 2 aromatic carbocycles. The van der Waals surface area contributed by atoms with Crippen molar-refractivity contribution >= 4 is 11.3 Å². The molecule has 0 saturated carbocycles. The largest absolute Gasteiger partial charge is 0.494 e. The van der Waals surface area contributed by atoms with Gasteiger partial charge in [0.15, 0.2) is 0 Å². The third-order valence-corrected chi connectivity index (χ3v) is 4.71. The molecule has 25 heavy (non-hydrogen) atoms. The van der Waals surface area contributed by atoms with Crippen LogP contribution >= 0.6 is 11.3 Å². The summed E-state index contributed by atoms with van der Waals surface area (Å²) in [6, 6.07) is 13.3. The summed E-state index contributed by atoms with van der Waals surface area (Å²) in [7, 11) is 0. The van der Waals surface area contributed by atoms with E-state index in [2.05, 4.69) is 11.1 Å². The lowest BCUT2D eigenvalue weighted by Gasteiger charge is -2.10. The number of aryl methyl sites for hydroxylation is 2. The maximum atomic E-state index is 11.2. The number of benzene rings is 2. The number of hydrogen-bond donors (Lipinski definition) is 2. The second-order valence-corrected chi connectivity index (χ2v) is 6.82. The Morgan fingerprint density at radius 1 is 1.16 bits per heavy atom. The Kier molecular flexibility index (Phi) is 4.59. The molecule has 0 aliphatic heterocycles. The molecule has 0 aliphatic carbocycles. The van der Waals surface area contributed by atoms with Crippen LogP contribution in [0.3, 0.4) is 0 Å². The van der Waals surface area contributed by atoms with Crippen molar-refractivity contribution in [3.63, 3.8) is 0 Å². The Labute approximate surface area is 148 Å². The van der Waals surface area contributed by atoms with Crippen LogP contribution in [0.15, 0.2) is 41.2 Å². The van der Waals surface area contributed by atoms with Crippen molar-refractivity contribution in [3.8, 4) is 23.4 Å². The van der Waals surface area contributed by atoms with Gasteiger partial charge in [-0.05, 0) is 54.8 Å². The summed E-state index contributed by atoms with van der Waals surface area (Å²) < 4.78 is 5.86. The Bertz CT molecular complexity index is 987. The van der Waals surface area contributed by atoms with E-state index in [0.717, 1.165) is 28.0 Å². The molecule has 0 radical (unpaired) electrons. The van der Waals surface area contributed by atoms with Gasteiger partial charge in [0, 0.05) is 6.42 Å². The molecule has 1 aromatic heterocycles. The number of thiazole rings is 1. The number of nitrogens with zero attached hydrogens (tertiary/aromatic N) is 1.